The summed E-state index contributed by atoms with van der Waals surface area (Å²) >= 11 is 0. The van der Waals surface area contributed by atoms with Gasteiger partial charge in [-0.2, -0.15) is 0 Å². The van der Waals surface area contributed by atoms with E-state index < -0.39 is 0 Å². The van der Waals surface area contributed by atoms with Crippen LogP contribution in [0.4, 0.5) is 5.82 Å². The van der Waals surface area contributed by atoms with Gasteiger partial charge in [-0.25, -0.2) is 4.98 Å². The second kappa shape index (κ2) is 7.04. The van der Waals surface area contributed by atoms with E-state index in [0.717, 1.165) is 31.1 Å². The molecule has 0 amide bonds. The maximum atomic E-state index is 4.44. The van der Waals surface area contributed by atoms with Gasteiger partial charge in [0.1, 0.15) is 5.82 Å². The first-order chi connectivity index (χ1) is 8.96. The van der Waals surface area contributed by atoms with E-state index in [2.05, 4.69) is 54.1 Å². The molecule has 0 aliphatic heterocycles. The van der Waals surface area contributed by atoms with Crippen molar-refractivity contribution in [1.29, 1.82) is 0 Å². The van der Waals surface area contributed by atoms with E-state index in [1.165, 1.54) is 0 Å². The first-order valence-corrected chi connectivity index (χ1v) is 6.49. The van der Waals surface area contributed by atoms with Crippen LogP contribution in [0.5, 0.6) is 0 Å². The van der Waals surface area contributed by atoms with E-state index in [1.54, 1.807) is 6.20 Å². The van der Waals surface area contributed by atoms with Crippen molar-refractivity contribution < 1.29 is 0 Å². The molecule has 1 heterocycles. The Bertz CT molecular complexity index is 393. The van der Waals surface area contributed by atoms with Crippen LogP contribution >= 0.6 is 0 Å². The van der Waals surface area contributed by atoms with Crippen molar-refractivity contribution in [3.8, 4) is 0 Å². The molecule has 4 nitrogen and oxygen atoms in total. The van der Waals surface area contributed by atoms with Crippen LogP contribution in [0.15, 0.2) is 37.7 Å². The van der Waals surface area contributed by atoms with Gasteiger partial charge in [0.15, 0.2) is 0 Å². The van der Waals surface area contributed by atoms with Crippen molar-refractivity contribution in [2.24, 2.45) is 0 Å². The second-order valence-electron chi connectivity index (χ2n) is 5.45. The largest absolute Gasteiger partial charge is 0.348 e. The maximum Gasteiger partial charge on any atom is 0.147 e. The molecule has 1 aromatic heterocycles. The molecular weight excluding hydrogens is 236 g/mol. The summed E-state index contributed by atoms with van der Waals surface area (Å²) in [5.41, 5.74) is 1.02. The number of nitrogens with zero attached hydrogens (tertiary/aromatic N) is 3. The van der Waals surface area contributed by atoms with Gasteiger partial charge in [-0.3, -0.25) is 4.98 Å². The van der Waals surface area contributed by atoms with Crippen LogP contribution in [0.3, 0.4) is 0 Å². The Morgan fingerprint density at radius 2 is 1.79 bits per heavy atom. The smallest absolute Gasteiger partial charge is 0.147 e. The van der Waals surface area contributed by atoms with Crippen LogP contribution in [0, 0.1) is 0 Å². The molecule has 0 bridgehead atoms. The normalized spacial score (nSPS) is 11.1. The molecule has 0 unspecified atom stereocenters. The molecule has 0 aliphatic rings. The highest BCUT2D eigenvalue weighted by Crippen LogP contribution is 2.09. The molecule has 1 rings (SSSR count). The Balaban J connectivity index is 2.68. The predicted octanol–water partition coefficient (Wildman–Crippen LogP) is 2.54. The predicted molar refractivity (Wildman–Crippen MR) is 81.2 cm³/mol. The average molecular weight is 260 g/mol. The van der Waals surface area contributed by atoms with Gasteiger partial charge >= 0.3 is 0 Å². The summed E-state index contributed by atoms with van der Waals surface area (Å²) in [5.74, 6) is 0.847. The van der Waals surface area contributed by atoms with Gasteiger partial charge in [-0.05, 0) is 20.8 Å². The van der Waals surface area contributed by atoms with Gasteiger partial charge in [0.05, 0.1) is 18.1 Å². The van der Waals surface area contributed by atoms with Crippen molar-refractivity contribution in [1.82, 2.24) is 15.3 Å². The zero-order valence-electron chi connectivity index (χ0n) is 12.2. The fourth-order valence-electron chi connectivity index (χ4n) is 1.53. The first kappa shape index (κ1) is 15.4. The van der Waals surface area contributed by atoms with Gasteiger partial charge in [-0.15, -0.1) is 13.2 Å². The van der Waals surface area contributed by atoms with Crippen LogP contribution in [0.1, 0.15) is 26.5 Å². The van der Waals surface area contributed by atoms with Crippen LogP contribution in [-0.4, -0.2) is 28.6 Å². The highest BCUT2D eigenvalue weighted by atomic mass is 15.2. The van der Waals surface area contributed by atoms with Crippen LogP contribution < -0.4 is 10.2 Å². The molecule has 0 fully saturated rings. The molecule has 0 radical (unpaired) electrons. The van der Waals surface area contributed by atoms with Crippen molar-refractivity contribution in [3.05, 3.63) is 43.4 Å². The zero-order valence-corrected chi connectivity index (χ0v) is 12.2. The topological polar surface area (TPSA) is 41.1 Å². The number of nitrogens with one attached hydrogen (secondary N) is 1. The van der Waals surface area contributed by atoms with E-state index in [1.807, 2.05) is 18.3 Å². The van der Waals surface area contributed by atoms with E-state index >= 15 is 0 Å². The molecule has 1 N–H and O–H groups in total. The summed E-state index contributed by atoms with van der Waals surface area (Å²) in [5, 5.41) is 3.39. The molecule has 4 heteroatoms. The molecule has 19 heavy (non-hydrogen) atoms. The molecular formula is C15H24N4. The van der Waals surface area contributed by atoms with Crippen molar-refractivity contribution >= 4 is 5.82 Å². The monoisotopic (exact) mass is 260 g/mol. The molecule has 0 saturated heterocycles. The average Bonchev–Trinajstić information content (AvgIpc) is 2.36. The zero-order chi connectivity index (χ0) is 14.3. The summed E-state index contributed by atoms with van der Waals surface area (Å²) < 4.78 is 0. The fourth-order valence-corrected chi connectivity index (χ4v) is 1.53. The standard InChI is InChI=1S/C15H24N4/c1-6-8-19(9-7-2)14-12-16-13(10-17-14)11-18-15(3,4)5/h6-7,10,12,18H,1-2,8-9,11H2,3-5H3. The van der Waals surface area contributed by atoms with Crippen LogP contribution in [0.2, 0.25) is 0 Å². The lowest BCUT2D eigenvalue weighted by molar-refractivity contribution is 0.421. The number of anilines is 1. The van der Waals surface area contributed by atoms with Gasteiger partial charge in [0.2, 0.25) is 0 Å². The quantitative estimate of drug-likeness (QED) is 0.765. The van der Waals surface area contributed by atoms with Gasteiger partial charge in [0.25, 0.3) is 0 Å². The maximum absolute atomic E-state index is 4.44. The minimum atomic E-state index is 0.0814. The minimum absolute atomic E-state index is 0.0814. The molecule has 0 aliphatic carbocycles. The highest BCUT2D eigenvalue weighted by Gasteiger charge is 2.10. The third-order valence-corrected chi connectivity index (χ3v) is 2.51. The lowest BCUT2D eigenvalue weighted by atomic mass is 10.1. The summed E-state index contributed by atoms with van der Waals surface area (Å²) in [6, 6.07) is 0. The Labute approximate surface area is 116 Å². The minimum Gasteiger partial charge on any atom is -0.348 e. The SMILES string of the molecule is C=CCN(CC=C)c1cnc(CNC(C)(C)C)cn1. The van der Waals surface area contributed by atoms with Crippen molar-refractivity contribution in [3.63, 3.8) is 0 Å². The summed E-state index contributed by atoms with van der Waals surface area (Å²) in [6.45, 7) is 16.1. The van der Waals surface area contributed by atoms with Crippen molar-refractivity contribution in [2.45, 2.75) is 32.9 Å². The lowest BCUT2D eigenvalue weighted by Crippen LogP contribution is -2.35. The van der Waals surface area contributed by atoms with Gasteiger partial charge in [0, 0.05) is 25.2 Å². The third-order valence-electron chi connectivity index (χ3n) is 2.51. The van der Waals surface area contributed by atoms with E-state index in [4.69, 9.17) is 0 Å². The summed E-state index contributed by atoms with van der Waals surface area (Å²) in [4.78, 5) is 10.9. The Hall–Kier alpha value is -1.68. The first-order valence-electron chi connectivity index (χ1n) is 6.49. The number of aromatic nitrogens is 2. The molecule has 0 saturated carbocycles. The number of hydrogen-bond acceptors (Lipinski definition) is 4. The van der Waals surface area contributed by atoms with Gasteiger partial charge < -0.3 is 10.2 Å². The Morgan fingerprint density at radius 1 is 1.16 bits per heavy atom. The summed E-state index contributed by atoms with van der Waals surface area (Å²) in [6.07, 6.45) is 7.31. The fraction of sp³-hybridized carbons (Fsp3) is 0.467. The number of hydrogen-bond donors (Lipinski definition) is 1. The van der Waals surface area contributed by atoms with E-state index in [-0.39, 0.29) is 5.54 Å². The van der Waals surface area contributed by atoms with E-state index in [9.17, 15) is 0 Å². The van der Waals surface area contributed by atoms with Gasteiger partial charge in [-0.1, -0.05) is 12.2 Å². The summed E-state index contributed by atoms with van der Waals surface area (Å²) in [7, 11) is 0. The lowest BCUT2D eigenvalue weighted by Gasteiger charge is -2.21. The third kappa shape index (κ3) is 5.66. The Morgan fingerprint density at radius 3 is 2.21 bits per heavy atom. The molecule has 0 atom stereocenters. The molecule has 0 aromatic carbocycles. The van der Waals surface area contributed by atoms with Crippen LogP contribution in [-0.2, 0) is 6.54 Å². The van der Waals surface area contributed by atoms with E-state index in [0.29, 0.717) is 0 Å². The Kier molecular flexibility index (Phi) is 5.70. The molecule has 104 valence electrons. The number of rotatable bonds is 7. The second-order valence-corrected chi connectivity index (χ2v) is 5.45. The van der Waals surface area contributed by atoms with Crippen molar-refractivity contribution in [2.75, 3.05) is 18.0 Å². The van der Waals surface area contributed by atoms with Crippen LogP contribution in [0.25, 0.3) is 0 Å². The molecule has 1 aromatic rings. The highest BCUT2D eigenvalue weighted by molar-refractivity contribution is 5.37. The molecule has 0 spiro atoms.